The van der Waals surface area contributed by atoms with Crippen LogP contribution in [0.1, 0.15) is 0 Å². The molecule has 0 unspecified atom stereocenters. The van der Waals surface area contributed by atoms with E-state index in [1.54, 1.807) is 6.20 Å². The zero-order chi connectivity index (χ0) is 14.1. The van der Waals surface area contributed by atoms with Crippen molar-refractivity contribution in [2.45, 2.75) is 0 Å². The molecule has 0 N–H and O–H groups in total. The Morgan fingerprint density at radius 3 is 2.65 bits per heavy atom. The summed E-state index contributed by atoms with van der Waals surface area (Å²) in [6.45, 7) is 0. The molecule has 1 heterocycles. The highest BCUT2D eigenvalue weighted by Gasteiger charge is 2.09. The second-order valence-electron chi connectivity index (χ2n) is 4.12. The van der Waals surface area contributed by atoms with Crippen LogP contribution in [0.5, 0.6) is 11.5 Å². The van der Waals surface area contributed by atoms with E-state index in [1.165, 1.54) is 0 Å². The van der Waals surface area contributed by atoms with Gasteiger partial charge in [0.05, 0.1) is 15.0 Å². The summed E-state index contributed by atoms with van der Waals surface area (Å²) in [6, 6.07) is 13.2. The van der Waals surface area contributed by atoms with Crippen LogP contribution in [-0.2, 0) is 0 Å². The van der Waals surface area contributed by atoms with Crippen LogP contribution >= 0.6 is 43.5 Å². The quantitative estimate of drug-likeness (QED) is 0.499. The number of pyridine rings is 1. The van der Waals surface area contributed by atoms with Crippen LogP contribution in [0.4, 0.5) is 0 Å². The van der Waals surface area contributed by atoms with Crippen LogP contribution in [0, 0.1) is 0 Å². The third-order valence-electron chi connectivity index (χ3n) is 2.80. The van der Waals surface area contributed by atoms with E-state index in [0.717, 1.165) is 31.3 Å². The maximum Gasteiger partial charge on any atom is 0.141 e. The molecule has 0 aliphatic rings. The van der Waals surface area contributed by atoms with Gasteiger partial charge in [0.1, 0.15) is 11.5 Å². The third kappa shape index (κ3) is 2.68. The van der Waals surface area contributed by atoms with Gasteiger partial charge < -0.3 is 4.74 Å². The highest BCUT2D eigenvalue weighted by Crippen LogP contribution is 2.35. The second kappa shape index (κ2) is 5.72. The highest BCUT2D eigenvalue weighted by atomic mass is 79.9. The normalized spacial score (nSPS) is 10.8. The minimum absolute atomic E-state index is 0.614. The lowest BCUT2D eigenvalue weighted by molar-refractivity contribution is 0.484. The number of para-hydroxylation sites is 1. The average Bonchev–Trinajstić information content (AvgIpc) is 2.43. The number of hydrogen-bond donors (Lipinski definition) is 0. The number of fused-ring (bicyclic) bond motifs is 1. The first-order valence-corrected chi connectivity index (χ1v) is 7.78. The fourth-order valence-electron chi connectivity index (χ4n) is 1.88. The van der Waals surface area contributed by atoms with Crippen LogP contribution < -0.4 is 4.74 Å². The van der Waals surface area contributed by atoms with Gasteiger partial charge in [-0.3, -0.25) is 4.98 Å². The summed E-state index contributed by atoms with van der Waals surface area (Å²) < 4.78 is 7.83. The van der Waals surface area contributed by atoms with Gasteiger partial charge in [-0.05, 0) is 52.3 Å². The van der Waals surface area contributed by atoms with Gasteiger partial charge in [0.25, 0.3) is 0 Å². The second-order valence-corrected chi connectivity index (χ2v) is 6.30. The molecule has 0 bridgehead atoms. The lowest BCUT2D eigenvalue weighted by Crippen LogP contribution is -1.89. The Morgan fingerprint density at radius 1 is 1.00 bits per heavy atom. The summed E-state index contributed by atoms with van der Waals surface area (Å²) >= 11 is 13.1. The van der Waals surface area contributed by atoms with Crippen molar-refractivity contribution in [2.75, 3.05) is 0 Å². The predicted molar refractivity (Wildman–Crippen MR) is 88.7 cm³/mol. The molecule has 3 rings (SSSR count). The van der Waals surface area contributed by atoms with Gasteiger partial charge >= 0.3 is 0 Å². The molecule has 0 spiro atoms. The van der Waals surface area contributed by atoms with Crippen molar-refractivity contribution in [3.05, 3.63) is 62.6 Å². The van der Waals surface area contributed by atoms with Crippen LogP contribution in [-0.4, -0.2) is 4.98 Å². The van der Waals surface area contributed by atoms with Crippen molar-refractivity contribution in [3.63, 3.8) is 0 Å². The van der Waals surface area contributed by atoms with Gasteiger partial charge in [0.2, 0.25) is 0 Å². The fraction of sp³-hybridized carbons (Fsp3) is 0. The molecule has 0 aliphatic heterocycles. The van der Waals surface area contributed by atoms with Crippen molar-refractivity contribution in [2.24, 2.45) is 0 Å². The van der Waals surface area contributed by atoms with Crippen LogP contribution in [0.25, 0.3) is 10.9 Å². The number of hydrogen-bond acceptors (Lipinski definition) is 2. The first kappa shape index (κ1) is 13.9. The van der Waals surface area contributed by atoms with Crippen LogP contribution in [0.15, 0.2) is 57.6 Å². The van der Waals surface area contributed by atoms with E-state index in [9.17, 15) is 0 Å². The van der Waals surface area contributed by atoms with Crippen molar-refractivity contribution < 1.29 is 4.74 Å². The molecule has 3 aromatic rings. The van der Waals surface area contributed by atoms with Gasteiger partial charge in [-0.2, -0.15) is 0 Å². The van der Waals surface area contributed by atoms with E-state index >= 15 is 0 Å². The molecule has 100 valence electrons. The first-order valence-electron chi connectivity index (χ1n) is 5.81. The Kier molecular flexibility index (Phi) is 3.96. The molecule has 0 saturated carbocycles. The number of aromatic nitrogens is 1. The van der Waals surface area contributed by atoms with E-state index in [2.05, 4.69) is 36.8 Å². The molecule has 2 aromatic carbocycles. The zero-order valence-electron chi connectivity index (χ0n) is 10.1. The summed E-state index contributed by atoms with van der Waals surface area (Å²) in [7, 11) is 0. The molecule has 2 nitrogen and oxygen atoms in total. The molecule has 0 radical (unpaired) electrons. The molecule has 0 aliphatic carbocycles. The van der Waals surface area contributed by atoms with E-state index in [0.29, 0.717) is 5.02 Å². The molecule has 5 heteroatoms. The number of nitrogens with zero attached hydrogens (tertiary/aromatic N) is 1. The van der Waals surface area contributed by atoms with Gasteiger partial charge in [0, 0.05) is 16.1 Å². The maximum atomic E-state index is 6.15. The van der Waals surface area contributed by atoms with Gasteiger partial charge in [-0.1, -0.05) is 33.6 Å². The highest BCUT2D eigenvalue weighted by molar-refractivity contribution is 9.11. The van der Waals surface area contributed by atoms with E-state index in [4.69, 9.17) is 16.3 Å². The van der Waals surface area contributed by atoms with Crippen molar-refractivity contribution in [1.82, 2.24) is 4.98 Å². The number of benzene rings is 2. The molecular weight excluding hydrogens is 405 g/mol. The molecule has 20 heavy (non-hydrogen) atoms. The lowest BCUT2D eigenvalue weighted by atomic mass is 10.2. The topological polar surface area (TPSA) is 22.1 Å². The first-order chi connectivity index (χ1) is 9.65. The summed E-state index contributed by atoms with van der Waals surface area (Å²) in [6.07, 6.45) is 1.69. The van der Waals surface area contributed by atoms with E-state index in [1.807, 2.05) is 42.5 Å². The number of ether oxygens (including phenoxy) is 1. The molecular formula is C15H8Br2ClNO. The Hall–Kier alpha value is -1.10. The van der Waals surface area contributed by atoms with Crippen molar-refractivity contribution in [1.29, 1.82) is 0 Å². The largest absolute Gasteiger partial charge is 0.455 e. The third-order valence-corrected chi connectivity index (χ3v) is 4.21. The predicted octanol–water partition coefficient (Wildman–Crippen LogP) is 6.21. The zero-order valence-corrected chi connectivity index (χ0v) is 14.0. The summed E-state index contributed by atoms with van der Waals surface area (Å²) in [5.41, 5.74) is 0.736. The fourth-order valence-corrected chi connectivity index (χ4v) is 3.23. The number of halogens is 3. The van der Waals surface area contributed by atoms with Crippen molar-refractivity contribution in [3.8, 4) is 11.5 Å². The molecule has 0 amide bonds. The van der Waals surface area contributed by atoms with Crippen LogP contribution in [0.3, 0.4) is 0 Å². The Bertz CT molecular complexity index is 792. The standard InChI is InChI=1S/C15H8Br2ClNO/c16-9-4-5-14(11(17)8-9)20-13-6-7-19-15-10(13)2-1-3-12(15)18/h1-8H. The minimum atomic E-state index is 0.614. The maximum absolute atomic E-state index is 6.15. The minimum Gasteiger partial charge on any atom is -0.455 e. The Morgan fingerprint density at radius 2 is 1.85 bits per heavy atom. The molecule has 1 aromatic heterocycles. The van der Waals surface area contributed by atoms with Gasteiger partial charge in [0.15, 0.2) is 0 Å². The molecule has 0 saturated heterocycles. The Labute approximate surface area is 138 Å². The van der Waals surface area contributed by atoms with Crippen LogP contribution in [0.2, 0.25) is 5.02 Å². The Balaban J connectivity index is 2.09. The van der Waals surface area contributed by atoms with E-state index in [-0.39, 0.29) is 0 Å². The molecule has 0 fully saturated rings. The lowest BCUT2D eigenvalue weighted by Gasteiger charge is -2.10. The summed E-state index contributed by atoms with van der Waals surface area (Å²) in [4.78, 5) is 4.29. The monoisotopic (exact) mass is 411 g/mol. The van der Waals surface area contributed by atoms with E-state index < -0.39 is 0 Å². The molecule has 0 atom stereocenters. The smallest absolute Gasteiger partial charge is 0.141 e. The van der Waals surface area contributed by atoms with Gasteiger partial charge in [-0.15, -0.1) is 0 Å². The summed E-state index contributed by atoms with van der Waals surface area (Å²) in [5.74, 6) is 1.46. The number of rotatable bonds is 2. The summed E-state index contributed by atoms with van der Waals surface area (Å²) in [5, 5.41) is 1.50. The van der Waals surface area contributed by atoms with Gasteiger partial charge in [-0.25, -0.2) is 0 Å². The SMILES string of the molecule is Clc1cccc2c(Oc3ccc(Br)cc3Br)ccnc12. The van der Waals surface area contributed by atoms with Crippen molar-refractivity contribution >= 4 is 54.4 Å². The average molecular weight is 413 g/mol.